The number of imide groups is 1. The van der Waals surface area contributed by atoms with Crippen LogP contribution in [0.2, 0.25) is 5.02 Å². The van der Waals surface area contributed by atoms with E-state index >= 15 is 0 Å². The standard InChI is InChI=1S/C16H13ClFNO3/c1-2-22-14-8-13(12(18)7-11(14)17)19-15(20)9-5-3-4-6-10(9)16(19)21/h2,7-8H,1,3-6H2. The minimum atomic E-state index is -0.747. The molecule has 0 saturated heterocycles. The van der Waals surface area contributed by atoms with Gasteiger partial charge in [0.25, 0.3) is 11.8 Å². The van der Waals surface area contributed by atoms with Crippen molar-refractivity contribution in [1.29, 1.82) is 0 Å². The monoisotopic (exact) mass is 321 g/mol. The Balaban J connectivity index is 2.05. The molecule has 1 aliphatic heterocycles. The van der Waals surface area contributed by atoms with Crippen LogP contribution in [0, 0.1) is 5.82 Å². The molecule has 1 aliphatic carbocycles. The largest absolute Gasteiger partial charge is 0.464 e. The molecular weight excluding hydrogens is 309 g/mol. The summed E-state index contributed by atoms with van der Waals surface area (Å²) >= 11 is 5.87. The number of amides is 2. The summed E-state index contributed by atoms with van der Waals surface area (Å²) in [6.45, 7) is 3.41. The smallest absolute Gasteiger partial charge is 0.261 e. The van der Waals surface area contributed by atoms with E-state index in [1.165, 1.54) is 6.07 Å². The maximum atomic E-state index is 14.2. The van der Waals surface area contributed by atoms with Gasteiger partial charge in [-0.25, -0.2) is 9.29 Å². The molecule has 3 rings (SSSR count). The first kappa shape index (κ1) is 14.8. The second-order valence-corrected chi connectivity index (χ2v) is 5.54. The van der Waals surface area contributed by atoms with Crippen LogP contribution >= 0.6 is 11.6 Å². The van der Waals surface area contributed by atoms with Crippen molar-refractivity contribution in [3.8, 4) is 5.75 Å². The van der Waals surface area contributed by atoms with Crippen LogP contribution in [-0.4, -0.2) is 11.8 Å². The van der Waals surface area contributed by atoms with Crippen LogP contribution < -0.4 is 9.64 Å². The second-order valence-electron chi connectivity index (χ2n) is 5.13. The van der Waals surface area contributed by atoms with Gasteiger partial charge in [-0.15, -0.1) is 0 Å². The first-order valence-corrected chi connectivity index (χ1v) is 7.29. The van der Waals surface area contributed by atoms with Crippen molar-refractivity contribution >= 4 is 29.1 Å². The zero-order valence-corrected chi connectivity index (χ0v) is 12.5. The number of hydrogen-bond acceptors (Lipinski definition) is 3. The van der Waals surface area contributed by atoms with E-state index in [1.807, 2.05) is 0 Å². The Morgan fingerprint density at radius 3 is 2.32 bits per heavy atom. The predicted molar refractivity (Wildman–Crippen MR) is 80.2 cm³/mol. The molecule has 0 aromatic heterocycles. The van der Waals surface area contributed by atoms with Gasteiger partial charge in [-0.2, -0.15) is 0 Å². The number of carbonyl (C=O) groups excluding carboxylic acids is 2. The number of anilines is 1. The molecule has 0 atom stereocenters. The van der Waals surface area contributed by atoms with Crippen LogP contribution in [-0.2, 0) is 9.59 Å². The highest BCUT2D eigenvalue weighted by atomic mass is 35.5. The molecule has 0 N–H and O–H groups in total. The molecule has 22 heavy (non-hydrogen) atoms. The van der Waals surface area contributed by atoms with Crippen molar-refractivity contribution in [2.45, 2.75) is 25.7 Å². The molecule has 0 bridgehead atoms. The van der Waals surface area contributed by atoms with Crippen molar-refractivity contribution in [3.05, 3.63) is 47.0 Å². The first-order valence-electron chi connectivity index (χ1n) is 6.92. The first-order chi connectivity index (χ1) is 10.5. The van der Waals surface area contributed by atoms with Gasteiger partial charge in [-0.1, -0.05) is 18.2 Å². The summed E-state index contributed by atoms with van der Waals surface area (Å²) in [5, 5.41) is 0.0398. The molecule has 0 unspecified atom stereocenters. The van der Waals surface area contributed by atoms with Crippen LogP contribution in [0.4, 0.5) is 10.1 Å². The summed E-state index contributed by atoms with van der Waals surface area (Å²) in [5.74, 6) is -1.52. The maximum Gasteiger partial charge on any atom is 0.261 e. The van der Waals surface area contributed by atoms with Crippen molar-refractivity contribution in [3.63, 3.8) is 0 Å². The highest BCUT2D eigenvalue weighted by Crippen LogP contribution is 2.39. The maximum absolute atomic E-state index is 14.2. The number of nitrogens with zero attached hydrogens (tertiary/aromatic N) is 1. The van der Waals surface area contributed by atoms with Crippen LogP contribution in [0.25, 0.3) is 0 Å². The lowest BCUT2D eigenvalue weighted by Crippen LogP contribution is -2.32. The zero-order valence-electron chi connectivity index (χ0n) is 11.7. The number of ether oxygens (including phenoxy) is 1. The summed E-state index contributed by atoms with van der Waals surface area (Å²) in [4.78, 5) is 25.8. The van der Waals surface area contributed by atoms with Crippen molar-refractivity contribution in [2.24, 2.45) is 0 Å². The Morgan fingerprint density at radius 2 is 1.77 bits per heavy atom. The second kappa shape index (κ2) is 5.57. The SMILES string of the molecule is C=COc1cc(N2C(=O)C3=C(CCCC3)C2=O)c(F)cc1Cl. The minimum absolute atomic E-state index is 0.0398. The third-order valence-electron chi connectivity index (χ3n) is 3.84. The molecule has 114 valence electrons. The van der Waals surface area contributed by atoms with E-state index in [9.17, 15) is 14.0 Å². The van der Waals surface area contributed by atoms with Gasteiger partial charge < -0.3 is 4.74 Å². The van der Waals surface area contributed by atoms with Gasteiger partial charge in [0.2, 0.25) is 0 Å². The predicted octanol–water partition coefficient (Wildman–Crippen LogP) is 3.75. The van der Waals surface area contributed by atoms with E-state index in [0.29, 0.717) is 24.0 Å². The number of hydrogen-bond donors (Lipinski definition) is 0. The van der Waals surface area contributed by atoms with E-state index in [-0.39, 0.29) is 16.5 Å². The normalized spacial score (nSPS) is 17.8. The number of halogens is 2. The van der Waals surface area contributed by atoms with Gasteiger partial charge in [0.1, 0.15) is 11.6 Å². The van der Waals surface area contributed by atoms with Crippen molar-refractivity contribution in [1.82, 2.24) is 0 Å². The van der Waals surface area contributed by atoms with Crippen LogP contribution in [0.15, 0.2) is 36.1 Å². The summed E-state index contributed by atoms with van der Waals surface area (Å²) in [5.41, 5.74) is 0.847. The third kappa shape index (κ3) is 2.22. The Kier molecular flexibility index (Phi) is 3.74. The van der Waals surface area contributed by atoms with Gasteiger partial charge in [0.05, 0.1) is 17.0 Å². The van der Waals surface area contributed by atoms with Crippen LogP contribution in [0.1, 0.15) is 25.7 Å². The summed E-state index contributed by atoms with van der Waals surface area (Å²) in [6.07, 6.45) is 3.97. The third-order valence-corrected chi connectivity index (χ3v) is 4.14. The molecular formula is C16H13ClFNO3. The Hall–Kier alpha value is -2.14. The lowest BCUT2D eigenvalue weighted by atomic mass is 9.93. The van der Waals surface area contributed by atoms with Crippen LogP contribution in [0.3, 0.4) is 0 Å². The van der Waals surface area contributed by atoms with E-state index in [4.69, 9.17) is 16.3 Å². The molecule has 6 heteroatoms. The highest BCUT2D eigenvalue weighted by Gasteiger charge is 2.41. The Morgan fingerprint density at radius 1 is 1.18 bits per heavy atom. The van der Waals surface area contributed by atoms with Gasteiger partial charge >= 0.3 is 0 Å². The van der Waals surface area contributed by atoms with E-state index in [2.05, 4.69) is 6.58 Å². The van der Waals surface area contributed by atoms with Crippen molar-refractivity contribution < 1.29 is 18.7 Å². The van der Waals surface area contributed by atoms with Crippen molar-refractivity contribution in [2.75, 3.05) is 4.90 Å². The molecule has 0 saturated carbocycles. The summed E-state index contributed by atoms with van der Waals surface area (Å²) < 4.78 is 19.3. The van der Waals surface area contributed by atoms with Gasteiger partial charge in [0, 0.05) is 17.2 Å². The van der Waals surface area contributed by atoms with E-state index in [0.717, 1.165) is 30.1 Å². The molecule has 0 spiro atoms. The summed E-state index contributed by atoms with van der Waals surface area (Å²) in [7, 11) is 0. The number of benzene rings is 1. The zero-order chi connectivity index (χ0) is 15.9. The molecule has 0 radical (unpaired) electrons. The molecule has 1 aromatic carbocycles. The fraction of sp³-hybridized carbons (Fsp3) is 0.250. The number of carbonyl (C=O) groups is 2. The topological polar surface area (TPSA) is 46.6 Å². The highest BCUT2D eigenvalue weighted by molar-refractivity contribution is 6.34. The quantitative estimate of drug-likeness (QED) is 0.629. The van der Waals surface area contributed by atoms with E-state index in [1.54, 1.807) is 0 Å². The molecule has 1 aromatic rings. The molecule has 4 nitrogen and oxygen atoms in total. The lowest BCUT2D eigenvalue weighted by Gasteiger charge is -2.17. The Bertz CT molecular complexity index is 698. The average Bonchev–Trinajstić information content (AvgIpc) is 2.75. The molecule has 2 aliphatic rings. The lowest BCUT2D eigenvalue weighted by molar-refractivity contribution is -0.120. The van der Waals surface area contributed by atoms with Gasteiger partial charge in [-0.3, -0.25) is 9.59 Å². The summed E-state index contributed by atoms with van der Waals surface area (Å²) in [6, 6.07) is 2.27. The number of rotatable bonds is 3. The van der Waals surface area contributed by atoms with Crippen LogP contribution in [0.5, 0.6) is 5.75 Å². The minimum Gasteiger partial charge on any atom is -0.464 e. The molecule has 0 fully saturated rings. The molecule has 2 amide bonds. The van der Waals surface area contributed by atoms with E-state index < -0.39 is 17.6 Å². The van der Waals surface area contributed by atoms with Gasteiger partial charge in [-0.05, 0) is 31.7 Å². The Labute approximate surface area is 131 Å². The fourth-order valence-corrected chi connectivity index (χ4v) is 3.02. The average molecular weight is 322 g/mol. The van der Waals surface area contributed by atoms with Gasteiger partial charge in [0.15, 0.2) is 0 Å². The molecule has 1 heterocycles. The fourth-order valence-electron chi connectivity index (χ4n) is 2.83.